The van der Waals surface area contributed by atoms with Crippen LogP contribution in [-0.4, -0.2) is 126 Å². The van der Waals surface area contributed by atoms with Gasteiger partial charge in [-0.1, -0.05) is 42.5 Å². The number of carbonyl (C=O) groups excluding carboxylic acids is 2. The maximum atomic E-state index is 15.1. The van der Waals surface area contributed by atoms with E-state index in [-0.39, 0.29) is 50.5 Å². The highest BCUT2D eigenvalue weighted by molar-refractivity contribution is 7.93. The average Bonchev–Trinajstić information content (AvgIpc) is 1.07. The molecule has 0 radical (unpaired) electrons. The highest BCUT2D eigenvalue weighted by Gasteiger charge is 2.29. The van der Waals surface area contributed by atoms with Gasteiger partial charge in [0, 0.05) is 57.7 Å². The third-order valence-corrected chi connectivity index (χ3v) is 18.9. The molecule has 0 bridgehead atoms. The van der Waals surface area contributed by atoms with E-state index in [1.54, 1.807) is 12.4 Å². The number of hydrogen-bond acceptors (Lipinski definition) is 19. The number of aliphatic carboxylic acids is 2. The summed E-state index contributed by atoms with van der Waals surface area (Å²) in [6.07, 6.45) is 10.7. The van der Waals surface area contributed by atoms with Crippen molar-refractivity contribution in [3.8, 4) is 22.9 Å². The summed E-state index contributed by atoms with van der Waals surface area (Å²) in [6.45, 7) is 3.80. The number of aromatic nitrogens is 13. The van der Waals surface area contributed by atoms with Gasteiger partial charge in [0.05, 0.1) is 107 Å². The molecule has 0 spiro atoms. The predicted octanol–water partition coefficient (Wildman–Crippen LogP) is 4.86. The molecular weight excluding hydrogens is 1410 g/mol. The number of hydrogen-bond donors (Lipinski definition) is 6. The molecule has 37 heteroatoms. The molecule has 0 saturated carbocycles. The van der Waals surface area contributed by atoms with E-state index in [0.29, 0.717) is 65.1 Å². The predicted molar refractivity (Wildman–Crippen MR) is 364 cm³/mol. The molecule has 7 aromatic heterocycles. The smallest absolute Gasteiger partial charge is 0.337 e. The Kier molecular flexibility index (Phi) is 20.5. The number of aryl methyl sites for hydroxylation is 4. The number of carboxylic acids is 2. The zero-order chi connectivity index (χ0) is 74.6. The zero-order valence-corrected chi connectivity index (χ0v) is 56.1. The first-order chi connectivity index (χ1) is 49.5. The summed E-state index contributed by atoms with van der Waals surface area (Å²) in [7, 11) is -5.87. The van der Waals surface area contributed by atoms with Crippen LogP contribution in [0.2, 0.25) is 0 Å². The number of fused-ring (bicyclic) bond motifs is 2. The minimum absolute atomic E-state index is 0.0495. The second kappa shape index (κ2) is 29.6. The molecule has 12 aromatic rings. The SMILES string of the molecule is CCc1cn(-c2ccc(S(=O)(=O)Nc3cc(F)c(C(=O)N[C@@H](Cc4ccc(-n5c(=O)c6ccncc6n(C)c5=O)cc4)C(=O)O)cc3F)cc2)nn1.CCc1cn(-c2ccc(S(=O)(=O)Nc3cc(F)c(C(=O)N[C@@H](Cc4ccc(-n5c(=O)c6ccncc6n(C)c5=O)nc4)C(=O)O)cc3F)cc2)nn1. The summed E-state index contributed by atoms with van der Waals surface area (Å²) in [6, 6.07) is 20.7. The van der Waals surface area contributed by atoms with Crippen LogP contribution >= 0.6 is 0 Å². The fraction of sp³-hybridized carbons (Fsp3) is 0.149. The topological polar surface area (TPSA) is 413 Å². The number of anilines is 2. The van der Waals surface area contributed by atoms with Gasteiger partial charge in [-0.2, -0.15) is 0 Å². The second-order valence-electron chi connectivity index (χ2n) is 22.9. The van der Waals surface area contributed by atoms with Gasteiger partial charge < -0.3 is 20.8 Å². The van der Waals surface area contributed by atoms with Crippen LogP contribution in [0.1, 0.15) is 57.1 Å². The second-order valence-corrected chi connectivity index (χ2v) is 26.3. The summed E-state index contributed by atoms with van der Waals surface area (Å²) in [5, 5.41) is 40.2. The van der Waals surface area contributed by atoms with Gasteiger partial charge in [0.25, 0.3) is 43.0 Å². The molecular formula is C67H55F4N17O14S2. The molecule has 2 atom stereocenters. The third-order valence-electron chi connectivity index (χ3n) is 16.2. The molecule has 0 unspecified atom stereocenters. The van der Waals surface area contributed by atoms with E-state index in [0.717, 1.165) is 20.5 Å². The van der Waals surface area contributed by atoms with Crippen molar-refractivity contribution >= 4 is 77.0 Å². The quantitative estimate of drug-likeness (QED) is 0.0493. The number of carboxylic acid groups (broad SMARTS) is 2. The normalized spacial score (nSPS) is 12.1. The molecule has 5 aromatic carbocycles. The molecule has 532 valence electrons. The Balaban J connectivity index is 0.000000208. The van der Waals surface area contributed by atoms with Gasteiger partial charge in [0.1, 0.15) is 41.2 Å². The van der Waals surface area contributed by atoms with Gasteiger partial charge in [-0.05, 0) is 115 Å². The molecule has 6 N–H and O–H groups in total. The van der Waals surface area contributed by atoms with Crippen molar-refractivity contribution in [3.05, 3.63) is 263 Å². The highest BCUT2D eigenvalue weighted by atomic mass is 32.2. The maximum Gasteiger partial charge on any atom is 0.337 e. The summed E-state index contributed by atoms with van der Waals surface area (Å²) < 4.78 is 123. The number of sulfonamides is 2. The van der Waals surface area contributed by atoms with Crippen LogP contribution in [-0.2, 0) is 69.4 Å². The number of pyridine rings is 3. The van der Waals surface area contributed by atoms with Crippen molar-refractivity contribution in [2.45, 2.75) is 61.4 Å². The van der Waals surface area contributed by atoms with E-state index in [1.807, 2.05) is 23.3 Å². The van der Waals surface area contributed by atoms with E-state index in [4.69, 9.17) is 0 Å². The zero-order valence-electron chi connectivity index (χ0n) is 54.5. The van der Waals surface area contributed by atoms with Gasteiger partial charge in [-0.25, -0.2) is 77.1 Å². The van der Waals surface area contributed by atoms with E-state index in [1.165, 1.54) is 161 Å². The Morgan fingerprint density at radius 1 is 0.500 bits per heavy atom. The Labute approximate surface area is 583 Å². The van der Waals surface area contributed by atoms with Gasteiger partial charge in [-0.3, -0.25) is 47.7 Å². The first-order valence-corrected chi connectivity index (χ1v) is 33.8. The summed E-state index contributed by atoms with van der Waals surface area (Å²) in [5.41, 5.74) is -1.94. The van der Waals surface area contributed by atoms with Crippen LogP contribution in [0, 0.1) is 23.3 Å². The Morgan fingerprint density at radius 3 is 1.31 bits per heavy atom. The van der Waals surface area contributed by atoms with Gasteiger partial charge in [-0.15, -0.1) is 10.2 Å². The number of rotatable bonds is 22. The lowest BCUT2D eigenvalue weighted by Crippen LogP contribution is -2.42. The first-order valence-electron chi connectivity index (χ1n) is 30.8. The molecule has 31 nitrogen and oxygen atoms in total. The summed E-state index contributed by atoms with van der Waals surface area (Å²) >= 11 is 0. The number of nitrogens with one attached hydrogen (secondary N) is 4. The molecule has 0 aliphatic heterocycles. The number of carbonyl (C=O) groups is 4. The number of amides is 2. The molecule has 0 fully saturated rings. The van der Waals surface area contributed by atoms with Crippen molar-refractivity contribution in [2.75, 3.05) is 9.44 Å². The number of nitrogens with zero attached hydrogens (tertiary/aromatic N) is 13. The standard InChI is InChI=1S/C34H28F2N8O7S.C33H27F2N9O7S/c1-3-20-18-43(41-39-20)21-8-10-23(11-9-21)52(50,51)40-28-16-26(35)25(15-27(28)36)31(45)38-29(33(47)48)14-19-4-6-22(7-5-19)44-32(46)24-12-13-37-17-30(24)42(2)34(44)49;1-3-19-17-43(41-39-19)20-5-7-21(8-6-20)52(50,51)40-26-14-24(34)23(13-25(26)35)30(45)38-27(32(47)48)12-18-4-9-29(37-15-18)44-31(46)22-10-11-36-16-28(22)42(2)33(44)49/h4-13,15-18,29,40H,3,14H2,1-2H3,(H,38,45)(H,47,48);4-11,13-17,27,40H,3,12H2,1-2H3,(H,38,45)(H,47,48)/t29-;27-/m00/s1. The number of halogens is 4. The Bertz CT molecular complexity index is 5540. The molecule has 104 heavy (non-hydrogen) atoms. The summed E-state index contributed by atoms with van der Waals surface area (Å²) in [5.74, 6) is -10.9. The van der Waals surface area contributed by atoms with Crippen LogP contribution in [0.25, 0.3) is 44.7 Å². The molecule has 0 saturated heterocycles. The minimum Gasteiger partial charge on any atom is -0.480 e. The summed E-state index contributed by atoms with van der Waals surface area (Å²) in [4.78, 5) is 113. The molecule has 7 heterocycles. The van der Waals surface area contributed by atoms with Crippen molar-refractivity contribution < 1.29 is 63.8 Å². The van der Waals surface area contributed by atoms with Crippen LogP contribution in [0.5, 0.6) is 0 Å². The van der Waals surface area contributed by atoms with Crippen molar-refractivity contribution in [2.24, 2.45) is 14.1 Å². The Morgan fingerprint density at radius 2 is 0.904 bits per heavy atom. The molecule has 0 aliphatic rings. The van der Waals surface area contributed by atoms with Crippen molar-refractivity contribution in [1.29, 1.82) is 0 Å². The molecule has 2 amide bonds. The molecule has 12 rings (SSSR count). The van der Waals surface area contributed by atoms with Gasteiger partial charge in [0.15, 0.2) is 0 Å². The van der Waals surface area contributed by atoms with E-state index >= 15 is 17.6 Å². The maximum absolute atomic E-state index is 15.1. The Hall–Kier alpha value is -13.2. The van der Waals surface area contributed by atoms with Crippen LogP contribution in [0.15, 0.2) is 194 Å². The van der Waals surface area contributed by atoms with E-state index in [9.17, 15) is 65.4 Å². The average molecular weight is 1460 g/mol. The molecule has 0 aliphatic carbocycles. The number of benzene rings is 5. The van der Waals surface area contributed by atoms with Crippen molar-refractivity contribution in [1.82, 2.24) is 73.8 Å². The van der Waals surface area contributed by atoms with Crippen LogP contribution < -0.4 is 42.6 Å². The van der Waals surface area contributed by atoms with E-state index < -0.39 is 124 Å². The van der Waals surface area contributed by atoms with E-state index in [2.05, 4.69) is 46.2 Å². The lowest BCUT2D eigenvalue weighted by Gasteiger charge is -2.16. The van der Waals surface area contributed by atoms with Crippen LogP contribution in [0.3, 0.4) is 0 Å². The third kappa shape index (κ3) is 15.1. The lowest BCUT2D eigenvalue weighted by atomic mass is 10.0. The minimum atomic E-state index is -4.41. The highest BCUT2D eigenvalue weighted by Crippen LogP contribution is 2.27. The van der Waals surface area contributed by atoms with Gasteiger partial charge in [0.2, 0.25) is 0 Å². The fourth-order valence-electron chi connectivity index (χ4n) is 10.5. The fourth-order valence-corrected chi connectivity index (χ4v) is 12.7. The van der Waals surface area contributed by atoms with Crippen molar-refractivity contribution in [3.63, 3.8) is 0 Å². The lowest BCUT2D eigenvalue weighted by molar-refractivity contribution is -0.140. The first kappa shape index (κ1) is 72.1. The van der Waals surface area contributed by atoms with Gasteiger partial charge >= 0.3 is 23.3 Å². The monoisotopic (exact) mass is 1460 g/mol. The largest absolute Gasteiger partial charge is 0.480 e. The van der Waals surface area contributed by atoms with Crippen LogP contribution in [0.4, 0.5) is 28.9 Å².